The Morgan fingerprint density at radius 3 is 2.35 bits per heavy atom. The van der Waals surface area contributed by atoms with Gasteiger partial charge in [0.1, 0.15) is 22.0 Å². The van der Waals surface area contributed by atoms with E-state index in [1.54, 1.807) is 56.4 Å². The van der Waals surface area contributed by atoms with Crippen LogP contribution >= 0.6 is 11.6 Å². The number of H-pyrrole nitrogens is 1. The average Bonchev–Trinajstić information content (AvgIpc) is 3.77. The molecule has 4 N–H and O–H groups in total. The molecule has 1 unspecified atom stereocenters. The van der Waals surface area contributed by atoms with Gasteiger partial charge in [0.15, 0.2) is 6.29 Å². The summed E-state index contributed by atoms with van der Waals surface area (Å²) in [4.78, 5) is 21.0. The Morgan fingerprint density at radius 2 is 1.65 bits per heavy atom. The molecule has 0 aliphatic carbocycles. The predicted octanol–water partition coefficient (Wildman–Crippen LogP) is 9.24. The average molecular weight is 970 g/mol. The van der Waals surface area contributed by atoms with Crippen molar-refractivity contribution in [3.63, 3.8) is 0 Å². The van der Waals surface area contributed by atoms with E-state index in [1.807, 2.05) is 46.0 Å². The van der Waals surface area contributed by atoms with Crippen molar-refractivity contribution in [1.29, 1.82) is 0 Å². The molecule has 4 aromatic carbocycles. The fourth-order valence-corrected chi connectivity index (χ4v) is 9.92. The van der Waals surface area contributed by atoms with E-state index in [2.05, 4.69) is 15.3 Å². The third-order valence-electron chi connectivity index (χ3n) is 11.1. The third-order valence-corrected chi connectivity index (χ3v) is 14.2. The first-order valence-corrected chi connectivity index (χ1v) is 24.4. The first kappa shape index (κ1) is 48.2. The Hall–Kier alpha value is -5.70. The molecule has 1 saturated heterocycles. The minimum atomic E-state index is -6.10. The monoisotopic (exact) mass is 969 g/mol. The summed E-state index contributed by atoms with van der Waals surface area (Å²) < 4.78 is 114. The number of fused-ring (bicyclic) bond motifs is 1. The van der Waals surface area contributed by atoms with Crippen LogP contribution in [0.5, 0.6) is 11.5 Å². The number of alkyl halides is 3. The van der Waals surface area contributed by atoms with Crippen LogP contribution in [-0.2, 0) is 29.3 Å². The second kappa shape index (κ2) is 20.4. The Bertz CT molecular complexity index is 2890. The van der Waals surface area contributed by atoms with Crippen LogP contribution < -0.4 is 19.7 Å². The van der Waals surface area contributed by atoms with Crippen LogP contribution in [0.3, 0.4) is 0 Å². The number of piperidine rings is 1. The highest BCUT2D eigenvalue weighted by atomic mass is 35.5. The summed E-state index contributed by atoms with van der Waals surface area (Å²) in [5.74, 6) is -1.18. The zero-order valence-corrected chi connectivity index (χ0v) is 38.1. The number of nitrogens with zero attached hydrogens (tertiary/aromatic N) is 2. The quantitative estimate of drug-likeness (QED) is 0.0599. The van der Waals surface area contributed by atoms with Crippen LogP contribution in [0.15, 0.2) is 119 Å². The number of aliphatic hydroxyl groups is 1. The van der Waals surface area contributed by atoms with Crippen molar-refractivity contribution in [3.8, 4) is 22.6 Å². The lowest BCUT2D eigenvalue weighted by Crippen LogP contribution is -2.36. The van der Waals surface area contributed by atoms with Gasteiger partial charge in [-0.1, -0.05) is 48.0 Å². The fraction of sp³-hybridized carbons (Fsp3) is 0.304. The number of sulfonamides is 1. The van der Waals surface area contributed by atoms with Crippen molar-refractivity contribution >= 4 is 59.8 Å². The molecule has 1 aliphatic heterocycles. The van der Waals surface area contributed by atoms with Gasteiger partial charge in [0.25, 0.3) is 25.8 Å². The number of aliphatic hydroxyl groups excluding tert-OH is 1. The smallest absolute Gasteiger partial charge is 0.455 e. The Kier molecular flexibility index (Phi) is 14.9. The van der Waals surface area contributed by atoms with Crippen LogP contribution in [-0.4, -0.2) is 82.5 Å². The third kappa shape index (κ3) is 10.9. The molecule has 3 heterocycles. The van der Waals surface area contributed by atoms with Gasteiger partial charge in [-0.2, -0.15) is 13.2 Å². The number of aromatic amines is 1. The maximum absolute atomic E-state index is 14.0. The van der Waals surface area contributed by atoms with Gasteiger partial charge in [0.2, 0.25) is 0 Å². The number of pyridine rings is 1. The van der Waals surface area contributed by atoms with E-state index in [1.165, 1.54) is 12.3 Å². The lowest BCUT2D eigenvalue weighted by molar-refractivity contribution is -0.137. The van der Waals surface area contributed by atoms with Crippen LogP contribution in [0.4, 0.5) is 24.5 Å². The molecule has 0 saturated carbocycles. The largest absolute Gasteiger partial charge is 0.501 e. The molecular formula is C46H47ClF3N5O9S2. The topological polar surface area (TPSA) is 189 Å². The summed E-state index contributed by atoms with van der Waals surface area (Å²) in [6, 6.07) is 25.1. The van der Waals surface area contributed by atoms with Gasteiger partial charge < -0.3 is 34.5 Å². The second-order valence-corrected chi connectivity index (χ2v) is 19.4. The molecule has 66 heavy (non-hydrogen) atoms. The number of amides is 1. The van der Waals surface area contributed by atoms with E-state index in [-0.39, 0.29) is 49.2 Å². The van der Waals surface area contributed by atoms with Gasteiger partial charge in [-0.25, -0.2) is 26.5 Å². The van der Waals surface area contributed by atoms with E-state index < -0.39 is 59.1 Å². The summed E-state index contributed by atoms with van der Waals surface area (Å²) in [5.41, 5.74) is -2.78. The number of ether oxygens (including phenoxy) is 3. The molecule has 2 aromatic heterocycles. The lowest BCUT2D eigenvalue weighted by atomic mass is 9.84. The van der Waals surface area contributed by atoms with E-state index in [4.69, 9.17) is 25.8 Å². The minimum absolute atomic E-state index is 0.0757. The van der Waals surface area contributed by atoms with Crippen molar-refractivity contribution < 1.29 is 54.1 Å². The lowest BCUT2D eigenvalue weighted by Gasteiger charge is -2.36. The Labute approximate surface area is 385 Å². The number of hydrogen-bond acceptors (Lipinski definition) is 12. The first-order chi connectivity index (χ1) is 31.5. The van der Waals surface area contributed by atoms with Crippen molar-refractivity contribution in [1.82, 2.24) is 14.7 Å². The second-order valence-electron chi connectivity index (χ2n) is 15.3. The molecule has 0 bridgehead atoms. The zero-order chi connectivity index (χ0) is 47.2. The highest BCUT2D eigenvalue weighted by molar-refractivity contribution is 7.92. The van der Waals surface area contributed by atoms with E-state index >= 15 is 0 Å². The van der Waals surface area contributed by atoms with Crippen LogP contribution in [0.1, 0.15) is 55.1 Å². The maximum atomic E-state index is 14.0. The maximum Gasteiger partial charge on any atom is 0.501 e. The van der Waals surface area contributed by atoms with E-state index in [0.717, 1.165) is 28.8 Å². The molecule has 6 aromatic rings. The number of sulfone groups is 1. The minimum Gasteiger partial charge on any atom is -0.455 e. The summed E-state index contributed by atoms with van der Waals surface area (Å²) >= 11 is 6.13. The number of carbonyl (C=O) groups excluding carboxylic acids is 1. The molecule has 20 heteroatoms. The highest BCUT2D eigenvalue weighted by Gasteiger charge is 2.48. The molecule has 7 rings (SSSR count). The van der Waals surface area contributed by atoms with Gasteiger partial charge in [-0.3, -0.25) is 4.79 Å². The Balaban J connectivity index is 1.13. The highest BCUT2D eigenvalue weighted by Crippen LogP contribution is 2.40. The fourth-order valence-electron chi connectivity index (χ4n) is 7.77. The van der Waals surface area contributed by atoms with Crippen molar-refractivity contribution in [2.24, 2.45) is 5.92 Å². The summed E-state index contributed by atoms with van der Waals surface area (Å²) in [6.45, 7) is 4.92. The summed E-state index contributed by atoms with van der Waals surface area (Å²) in [6.07, 6.45) is 2.90. The predicted molar refractivity (Wildman–Crippen MR) is 244 cm³/mol. The summed E-state index contributed by atoms with van der Waals surface area (Å²) in [7, 11) is -11.1. The normalized spacial score (nSPS) is 14.4. The van der Waals surface area contributed by atoms with Crippen molar-refractivity contribution in [3.05, 3.63) is 126 Å². The molecule has 1 aliphatic rings. The zero-order valence-electron chi connectivity index (χ0n) is 35.7. The van der Waals surface area contributed by atoms with Crippen molar-refractivity contribution in [2.75, 3.05) is 43.1 Å². The number of benzene rings is 4. The molecule has 1 fully saturated rings. The number of rotatable bonds is 18. The molecule has 1 atom stereocenters. The van der Waals surface area contributed by atoms with E-state index in [9.17, 15) is 39.9 Å². The first-order valence-electron chi connectivity index (χ1n) is 21.0. The SMILES string of the molecule is CCOC(CCNc1ccc(S(=O)(=O)NC(=O)c2ccc(N3CCC(C(O)c4ccccc4-c4ccc(Cl)cc4)CC3)cc2Oc2cnc3[nH]ccc3c2)cc1S(=O)(=O)C(F)(F)F)OCC. The van der Waals surface area contributed by atoms with Crippen LogP contribution in [0, 0.1) is 5.92 Å². The van der Waals surface area contributed by atoms with Gasteiger partial charge in [-0.15, -0.1) is 0 Å². The molecule has 1 amide bonds. The van der Waals surface area contributed by atoms with Crippen molar-refractivity contribution in [2.45, 2.75) is 60.8 Å². The van der Waals surface area contributed by atoms with Gasteiger partial charge in [0.05, 0.1) is 28.4 Å². The standard InChI is InChI=1S/C46H47ClF3N5O9S2/c1-3-62-42(63-4-2)18-22-51-39-16-14-35(27-41(39)65(58,59)46(48,49)50)66(60,61)54-45(57)38-15-13-33(26-40(38)64-34-25-31-17-21-52-44(31)53-28-34)55-23-19-30(20-24-55)43(56)37-8-6-5-7-36(37)29-9-11-32(47)12-10-29/h5-17,21,25-28,30,42-43,51,56H,3-4,18-20,22-24H2,1-2H3,(H,52,53)(H,54,57). The molecule has 350 valence electrons. The number of nitrogens with one attached hydrogen (secondary N) is 3. The molecule has 14 nitrogen and oxygen atoms in total. The van der Waals surface area contributed by atoms with E-state index in [0.29, 0.717) is 53.7 Å². The van der Waals surface area contributed by atoms with Gasteiger partial charge in [0, 0.05) is 67.6 Å². The molecular weight excluding hydrogens is 923 g/mol. The Morgan fingerprint density at radius 1 is 0.939 bits per heavy atom. The number of anilines is 2. The van der Waals surface area contributed by atoms with Crippen LogP contribution in [0.2, 0.25) is 5.02 Å². The van der Waals surface area contributed by atoms with Gasteiger partial charge in [-0.05, 0) is 104 Å². The van der Waals surface area contributed by atoms with Gasteiger partial charge >= 0.3 is 5.51 Å². The van der Waals surface area contributed by atoms with Crippen LogP contribution in [0.25, 0.3) is 22.2 Å². The number of halogens is 4. The molecule has 0 spiro atoms. The molecule has 0 radical (unpaired) electrons. The number of aromatic nitrogens is 2. The summed E-state index contributed by atoms with van der Waals surface area (Å²) in [5, 5.41) is 15.6. The number of carbonyl (C=O) groups is 1. The number of hydrogen-bond donors (Lipinski definition) is 4.